The van der Waals surface area contributed by atoms with Crippen LogP contribution in [0.25, 0.3) is 21.5 Å². The van der Waals surface area contributed by atoms with Gasteiger partial charge in [-0.25, -0.2) is 9.78 Å². The smallest absolute Gasteiger partial charge is 0.407 e. The lowest BCUT2D eigenvalue weighted by molar-refractivity contribution is 0.136. The lowest BCUT2D eigenvalue weighted by Gasteiger charge is -2.22. The molecule has 2 saturated heterocycles. The van der Waals surface area contributed by atoms with Crippen molar-refractivity contribution in [1.82, 2.24) is 20.2 Å². The number of likely N-dealkylation sites (tertiary alicyclic amines) is 1. The summed E-state index contributed by atoms with van der Waals surface area (Å²) < 4.78 is 1.22. The maximum Gasteiger partial charge on any atom is 0.407 e. The molecule has 0 radical (unpaired) electrons. The highest BCUT2D eigenvalue weighted by molar-refractivity contribution is 7.18. The first-order valence-electron chi connectivity index (χ1n) is 10.2. The molecule has 4 heterocycles. The summed E-state index contributed by atoms with van der Waals surface area (Å²) in [5.74, 6) is 0. The minimum absolute atomic E-state index is 0. The number of amides is 1. The quantitative estimate of drug-likeness (QED) is 0.483. The third-order valence-electron chi connectivity index (χ3n) is 5.36. The SMILES string of the molecule is Cl.Cl.O=C(O)N1CCCCC1.c1ccc(-c2nccc3sc([C@@H]4CCCN4)nc23)cc1. The van der Waals surface area contributed by atoms with E-state index < -0.39 is 6.09 Å². The average molecular weight is 483 g/mol. The zero-order chi connectivity index (χ0) is 20.1. The van der Waals surface area contributed by atoms with Crippen molar-refractivity contribution in [2.45, 2.75) is 38.1 Å². The van der Waals surface area contributed by atoms with Crippen molar-refractivity contribution < 1.29 is 9.90 Å². The Morgan fingerprint density at radius 1 is 1.06 bits per heavy atom. The van der Waals surface area contributed by atoms with Gasteiger partial charge in [-0.2, -0.15) is 0 Å². The van der Waals surface area contributed by atoms with Gasteiger partial charge in [-0.05, 0) is 44.7 Å². The number of nitrogens with zero attached hydrogens (tertiary/aromatic N) is 3. The van der Waals surface area contributed by atoms with Gasteiger partial charge in [0.15, 0.2) is 0 Å². The van der Waals surface area contributed by atoms with E-state index in [2.05, 4.69) is 28.5 Å². The van der Waals surface area contributed by atoms with Gasteiger partial charge in [0.1, 0.15) is 10.5 Å². The molecule has 2 aromatic heterocycles. The molecule has 5 rings (SSSR count). The highest BCUT2D eigenvalue weighted by Gasteiger charge is 2.21. The van der Waals surface area contributed by atoms with Crippen LogP contribution in [0.5, 0.6) is 0 Å². The predicted molar refractivity (Wildman–Crippen MR) is 131 cm³/mol. The van der Waals surface area contributed by atoms with Gasteiger partial charge in [0, 0.05) is 24.8 Å². The molecule has 0 spiro atoms. The Bertz CT molecular complexity index is 959. The van der Waals surface area contributed by atoms with Gasteiger partial charge in [-0.15, -0.1) is 36.2 Å². The van der Waals surface area contributed by atoms with E-state index in [0.717, 1.165) is 49.2 Å². The molecule has 1 aromatic carbocycles. The molecular weight excluding hydrogens is 455 g/mol. The van der Waals surface area contributed by atoms with Gasteiger partial charge in [0.25, 0.3) is 0 Å². The number of carbonyl (C=O) groups is 1. The molecule has 168 valence electrons. The highest BCUT2D eigenvalue weighted by atomic mass is 35.5. The lowest BCUT2D eigenvalue weighted by Crippen LogP contribution is -2.34. The van der Waals surface area contributed by atoms with Crippen molar-refractivity contribution in [2.24, 2.45) is 0 Å². The zero-order valence-electron chi connectivity index (χ0n) is 17.2. The highest BCUT2D eigenvalue weighted by Crippen LogP contribution is 2.34. The van der Waals surface area contributed by atoms with Crippen LogP contribution < -0.4 is 5.32 Å². The summed E-state index contributed by atoms with van der Waals surface area (Å²) in [6.07, 6.45) is 6.80. The summed E-state index contributed by atoms with van der Waals surface area (Å²) in [7, 11) is 0. The maximum atomic E-state index is 10.3. The number of fused-ring (bicyclic) bond motifs is 1. The first-order valence-corrected chi connectivity index (χ1v) is 11.1. The fourth-order valence-electron chi connectivity index (χ4n) is 3.81. The summed E-state index contributed by atoms with van der Waals surface area (Å²) in [6.45, 7) is 2.56. The topological polar surface area (TPSA) is 78.3 Å². The lowest BCUT2D eigenvalue weighted by atomic mass is 10.1. The summed E-state index contributed by atoms with van der Waals surface area (Å²) in [4.78, 5) is 21.2. The number of carboxylic acid groups (broad SMARTS) is 1. The average Bonchev–Trinajstić information content (AvgIpc) is 3.45. The first-order chi connectivity index (χ1) is 14.2. The van der Waals surface area contributed by atoms with Crippen molar-refractivity contribution in [3.8, 4) is 11.3 Å². The molecule has 9 heteroatoms. The van der Waals surface area contributed by atoms with Crippen molar-refractivity contribution in [2.75, 3.05) is 19.6 Å². The van der Waals surface area contributed by atoms with E-state index in [1.54, 1.807) is 11.3 Å². The van der Waals surface area contributed by atoms with Crippen LogP contribution in [0.1, 0.15) is 43.2 Å². The second-order valence-electron chi connectivity index (χ2n) is 7.40. The van der Waals surface area contributed by atoms with Crippen LogP contribution in [0.15, 0.2) is 42.6 Å². The molecule has 2 N–H and O–H groups in total. The van der Waals surface area contributed by atoms with Crippen LogP contribution >= 0.6 is 36.2 Å². The van der Waals surface area contributed by atoms with Crippen molar-refractivity contribution in [3.05, 3.63) is 47.6 Å². The van der Waals surface area contributed by atoms with Gasteiger partial charge in [-0.1, -0.05) is 30.3 Å². The normalized spacial score (nSPS) is 17.8. The van der Waals surface area contributed by atoms with E-state index in [9.17, 15) is 4.79 Å². The Hall–Kier alpha value is -1.93. The summed E-state index contributed by atoms with van der Waals surface area (Å²) in [6, 6.07) is 12.8. The molecule has 2 aliphatic rings. The minimum atomic E-state index is -0.769. The molecule has 2 fully saturated rings. The predicted octanol–water partition coefficient (Wildman–Crippen LogP) is 5.78. The monoisotopic (exact) mass is 482 g/mol. The Morgan fingerprint density at radius 2 is 1.81 bits per heavy atom. The van der Waals surface area contributed by atoms with Gasteiger partial charge in [0.2, 0.25) is 0 Å². The Kier molecular flexibility index (Phi) is 9.96. The number of rotatable bonds is 2. The molecule has 2 aliphatic heterocycles. The summed E-state index contributed by atoms with van der Waals surface area (Å²) >= 11 is 1.79. The second-order valence-corrected chi connectivity index (χ2v) is 8.47. The van der Waals surface area contributed by atoms with Crippen molar-refractivity contribution in [1.29, 1.82) is 0 Å². The van der Waals surface area contributed by atoms with E-state index in [1.165, 1.54) is 33.9 Å². The van der Waals surface area contributed by atoms with Gasteiger partial charge < -0.3 is 15.3 Å². The number of aromatic nitrogens is 2. The number of nitrogens with one attached hydrogen (secondary N) is 1. The standard InChI is InChI=1S/C16H15N3S.C6H11NO2.2ClH/c1-2-5-11(6-3-1)14-15-13(8-10-18-14)20-16(19-15)12-7-4-9-17-12;8-6(9)7-4-2-1-3-5-7;;/h1-3,5-6,8,10,12,17H,4,7,9H2;1-5H2,(H,8,9);2*1H/t12-;;;/m0.../s1. The largest absolute Gasteiger partial charge is 0.465 e. The third kappa shape index (κ3) is 6.29. The van der Waals surface area contributed by atoms with Crippen LogP contribution in [0.4, 0.5) is 4.79 Å². The molecular formula is C22H28Cl2N4O2S. The molecule has 0 bridgehead atoms. The van der Waals surface area contributed by atoms with E-state index in [-0.39, 0.29) is 24.8 Å². The second kappa shape index (κ2) is 12.2. The number of hydrogen-bond donors (Lipinski definition) is 2. The fourth-order valence-corrected chi connectivity index (χ4v) is 4.88. The van der Waals surface area contributed by atoms with Crippen molar-refractivity contribution >= 4 is 52.5 Å². The Balaban J connectivity index is 0.000000267. The zero-order valence-corrected chi connectivity index (χ0v) is 19.6. The first kappa shape index (κ1) is 25.3. The summed E-state index contributed by atoms with van der Waals surface area (Å²) in [5.41, 5.74) is 3.16. The molecule has 6 nitrogen and oxygen atoms in total. The molecule has 1 atom stereocenters. The van der Waals surface area contributed by atoms with E-state index in [4.69, 9.17) is 10.1 Å². The molecule has 0 aliphatic carbocycles. The number of pyridine rings is 1. The maximum absolute atomic E-state index is 10.3. The fraction of sp³-hybridized carbons (Fsp3) is 0.409. The number of thiazole rings is 1. The Labute approximate surface area is 198 Å². The number of benzene rings is 1. The van der Waals surface area contributed by atoms with E-state index in [1.807, 2.05) is 24.4 Å². The van der Waals surface area contributed by atoms with E-state index >= 15 is 0 Å². The molecule has 0 unspecified atom stereocenters. The van der Waals surface area contributed by atoms with Crippen LogP contribution in [0.2, 0.25) is 0 Å². The Morgan fingerprint density at radius 3 is 2.42 bits per heavy atom. The summed E-state index contributed by atoms with van der Waals surface area (Å²) in [5, 5.41) is 13.2. The van der Waals surface area contributed by atoms with Crippen LogP contribution in [-0.4, -0.2) is 45.7 Å². The van der Waals surface area contributed by atoms with Gasteiger partial charge in [0.05, 0.1) is 16.4 Å². The van der Waals surface area contributed by atoms with Crippen molar-refractivity contribution in [3.63, 3.8) is 0 Å². The van der Waals surface area contributed by atoms with E-state index in [0.29, 0.717) is 6.04 Å². The van der Waals surface area contributed by atoms with Gasteiger partial charge in [-0.3, -0.25) is 4.98 Å². The van der Waals surface area contributed by atoms with Crippen LogP contribution in [0, 0.1) is 0 Å². The molecule has 31 heavy (non-hydrogen) atoms. The minimum Gasteiger partial charge on any atom is -0.465 e. The molecule has 1 amide bonds. The molecule has 3 aromatic rings. The third-order valence-corrected chi connectivity index (χ3v) is 6.49. The molecule has 0 saturated carbocycles. The number of piperidine rings is 1. The van der Waals surface area contributed by atoms with Crippen LogP contribution in [0.3, 0.4) is 0 Å². The van der Waals surface area contributed by atoms with Crippen LogP contribution in [-0.2, 0) is 0 Å². The number of hydrogen-bond acceptors (Lipinski definition) is 5. The van der Waals surface area contributed by atoms with Gasteiger partial charge >= 0.3 is 6.09 Å². The number of halogens is 2.